The van der Waals surface area contributed by atoms with Crippen molar-refractivity contribution in [3.63, 3.8) is 0 Å². The van der Waals surface area contributed by atoms with Gasteiger partial charge in [-0.2, -0.15) is 0 Å². The molecule has 1 spiro atoms. The van der Waals surface area contributed by atoms with Gasteiger partial charge in [0, 0.05) is 22.2 Å². The molecule has 0 amide bonds. The Morgan fingerprint density at radius 2 is 0.857 bits per heavy atom. The lowest BCUT2D eigenvalue weighted by Gasteiger charge is -2.33. The molecule has 3 aliphatic rings. The Morgan fingerprint density at radius 1 is 0.317 bits per heavy atom. The van der Waals surface area contributed by atoms with Gasteiger partial charge >= 0.3 is 0 Å². The van der Waals surface area contributed by atoms with Gasteiger partial charge in [0.15, 0.2) is 0 Å². The third-order valence-electron chi connectivity index (χ3n) is 14.5. The van der Waals surface area contributed by atoms with Crippen LogP contribution in [-0.2, 0) is 10.8 Å². The van der Waals surface area contributed by atoms with Crippen molar-refractivity contribution in [3.05, 3.63) is 258 Å². The summed E-state index contributed by atoms with van der Waals surface area (Å²) < 4.78 is 0. The molecular formula is C62H43N. The maximum Gasteiger partial charge on any atom is 0.0726 e. The Bertz CT molecular complexity index is 3480. The lowest BCUT2D eigenvalue weighted by atomic mass is 9.70. The number of fused-ring (bicyclic) bond motifs is 15. The van der Waals surface area contributed by atoms with Crippen LogP contribution in [0, 0.1) is 0 Å². The van der Waals surface area contributed by atoms with Crippen molar-refractivity contribution in [2.75, 3.05) is 4.90 Å². The van der Waals surface area contributed by atoms with E-state index in [0.29, 0.717) is 0 Å². The molecule has 0 heterocycles. The van der Waals surface area contributed by atoms with Crippen molar-refractivity contribution in [3.8, 4) is 55.6 Å². The van der Waals surface area contributed by atoms with E-state index in [-0.39, 0.29) is 5.41 Å². The Balaban J connectivity index is 1.09. The molecular weight excluding hydrogens is 759 g/mol. The molecule has 0 saturated carbocycles. The van der Waals surface area contributed by atoms with Crippen molar-refractivity contribution >= 4 is 27.8 Å². The second kappa shape index (κ2) is 13.4. The summed E-state index contributed by atoms with van der Waals surface area (Å²) in [6.07, 6.45) is 0. The largest absolute Gasteiger partial charge is 0.309 e. The lowest BCUT2D eigenvalue weighted by molar-refractivity contribution is 0.660. The first-order valence-electron chi connectivity index (χ1n) is 22.2. The third-order valence-corrected chi connectivity index (χ3v) is 14.5. The fraction of sp³-hybridized carbons (Fsp3) is 0.0645. The van der Waals surface area contributed by atoms with Crippen LogP contribution < -0.4 is 4.90 Å². The first kappa shape index (κ1) is 36.0. The zero-order valence-electron chi connectivity index (χ0n) is 35.3. The first-order valence-corrected chi connectivity index (χ1v) is 22.2. The molecule has 1 nitrogen and oxygen atoms in total. The molecule has 1 unspecified atom stereocenters. The molecule has 0 radical (unpaired) electrons. The predicted molar refractivity (Wildman–Crippen MR) is 263 cm³/mol. The second-order valence-corrected chi connectivity index (χ2v) is 17.9. The van der Waals surface area contributed by atoms with Gasteiger partial charge in [0.25, 0.3) is 0 Å². The van der Waals surface area contributed by atoms with Crippen molar-refractivity contribution in [2.45, 2.75) is 24.7 Å². The number of nitrogens with zero attached hydrogens (tertiary/aromatic N) is 1. The summed E-state index contributed by atoms with van der Waals surface area (Å²) >= 11 is 0. The molecule has 3 aliphatic carbocycles. The van der Waals surface area contributed by atoms with Gasteiger partial charge in [-0.05, 0) is 113 Å². The topological polar surface area (TPSA) is 3.24 Å². The number of anilines is 3. The molecule has 0 bridgehead atoms. The molecule has 0 aliphatic heterocycles. The van der Waals surface area contributed by atoms with Crippen molar-refractivity contribution < 1.29 is 0 Å². The van der Waals surface area contributed by atoms with Crippen LogP contribution in [0.4, 0.5) is 17.1 Å². The smallest absolute Gasteiger partial charge is 0.0726 e. The number of benzene rings is 10. The molecule has 0 fully saturated rings. The predicted octanol–water partition coefficient (Wildman–Crippen LogP) is 16.3. The summed E-state index contributed by atoms with van der Waals surface area (Å²) in [5.74, 6) is 0. The van der Waals surface area contributed by atoms with Crippen LogP contribution in [0.15, 0.2) is 224 Å². The van der Waals surface area contributed by atoms with Crippen LogP contribution in [0.25, 0.3) is 66.4 Å². The van der Waals surface area contributed by atoms with E-state index in [1.165, 1.54) is 105 Å². The van der Waals surface area contributed by atoms with E-state index in [0.717, 1.165) is 11.4 Å². The Hall–Kier alpha value is -7.74. The van der Waals surface area contributed by atoms with Gasteiger partial charge in [0.2, 0.25) is 0 Å². The fourth-order valence-electron chi connectivity index (χ4n) is 11.7. The van der Waals surface area contributed by atoms with E-state index in [1.807, 2.05) is 0 Å². The number of para-hydroxylation sites is 1. The van der Waals surface area contributed by atoms with Crippen LogP contribution in [0.5, 0.6) is 0 Å². The highest BCUT2D eigenvalue weighted by atomic mass is 15.1. The average Bonchev–Trinajstić information content (AvgIpc) is 3.91. The van der Waals surface area contributed by atoms with Crippen LogP contribution >= 0.6 is 0 Å². The first-order chi connectivity index (χ1) is 31.0. The molecule has 10 aromatic rings. The second-order valence-electron chi connectivity index (χ2n) is 17.9. The van der Waals surface area contributed by atoms with Gasteiger partial charge in [-0.3, -0.25) is 0 Å². The Labute approximate surface area is 369 Å². The molecule has 0 aromatic heterocycles. The highest BCUT2D eigenvalue weighted by molar-refractivity contribution is 6.08. The molecule has 296 valence electrons. The summed E-state index contributed by atoms with van der Waals surface area (Å²) in [6.45, 7) is 4.76. The van der Waals surface area contributed by atoms with E-state index in [2.05, 4.69) is 243 Å². The van der Waals surface area contributed by atoms with Gasteiger partial charge in [-0.25, -0.2) is 0 Å². The highest BCUT2D eigenvalue weighted by Gasteiger charge is 2.53. The van der Waals surface area contributed by atoms with Gasteiger partial charge in [-0.1, -0.05) is 214 Å². The molecule has 13 rings (SSSR count). The fourth-order valence-corrected chi connectivity index (χ4v) is 11.7. The van der Waals surface area contributed by atoms with Crippen molar-refractivity contribution in [2.24, 2.45) is 0 Å². The van der Waals surface area contributed by atoms with E-state index in [1.54, 1.807) is 0 Å². The van der Waals surface area contributed by atoms with Crippen LogP contribution in [0.2, 0.25) is 0 Å². The SMILES string of the molecule is CC1(C)c2ccccc2-c2ccc(N(c3ccccc3-c3ccc(-c4ccccc4)cc3)c3cccc4c3-c3ccccc3C43c4ccccc4-c4c3ccc3ccccc43)cc21. The molecule has 63 heavy (non-hydrogen) atoms. The summed E-state index contributed by atoms with van der Waals surface area (Å²) in [5, 5.41) is 2.57. The quantitative estimate of drug-likeness (QED) is 0.168. The maximum absolute atomic E-state index is 2.57. The third kappa shape index (κ3) is 4.94. The van der Waals surface area contributed by atoms with Gasteiger partial charge < -0.3 is 4.90 Å². The minimum Gasteiger partial charge on any atom is -0.309 e. The zero-order chi connectivity index (χ0) is 41.9. The minimum absolute atomic E-state index is 0.157. The molecule has 10 aromatic carbocycles. The summed E-state index contributed by atoms with van der Waals surface area (Å²) in [7, 11) is 0. The highest BCUT2D eigenvalue weighted by Crippen LogP contribution is 2.66. The minimum atomic E-state index is -0.488. The maximum atomic E-state index is 2.57. The van der Waals surface area contributed by atoms with Crippen molar-refractivity contribution in [1.29, 1.82) is 0 Å². The Morgan fingerprint density at radius 3 is 1.63 bits per heavy atom. The van der Waals surface area contributed by atoms with Gasteiger partial charge in [-0.15, -0.1) is 0 Å². The van der Waals surface area contributed by atoms with E-state index in [9.17, 15) is 0 Å². The normalized spacial score (nSPS) is 15.7. The standard InChI is InChI=1S/C62H43N/c1-61(2)51-25-12-8-22-47(51)48-37-36-44(39-56(48)61)63(57-29-15-11-20-45(57)43-33-31-41(32-34-43)40-17-4-3-5-18-40)58-30-16-28-54-60(58)50-24-10-14-27-53(50)62(54)52-26-13-9-23-49(52)59-46-21-7-6-19-42(46)35-38-55(59)62/h3-39H,1-2H3. The summed E-state index contributed by atoms with van der Waals surface area (Å²) in [4.78, 5) is 2.57. The molecule has 0 saturated heterocycles. The van der Waals surface area contributed by atoms with Gasteiger partial charge in [0.05, 0.1) is 16.8 Å². The van der Waals surface area contributed by atoms with E-state index < -0.39 is 5.41 Å². The van der Waals surface area contributed by atoms with E-state index in [4.69, 9.17) is 0 Å². The summed E-state index contributed by atoms with van der Waals surface area (Å²) in [5.41, 5.74) is 23.6. The summed E-state index contributed by atoms with van der Waals surface area (Å²) in [6, 6.07) is 84.0. The van der Waals surface area contributed by atoms with Crippen LogP contribution in [0.3, 0.4) is 0 Å². The number of hydrogen-bond acceptors (Lipinski definition) is 1. The van der Waals surface area contributed by atoms with Crippen LogP contribution in [0.1, 0.15) is 47.2 Å². The van der Waals surface area contributed by atoms with Crippen LogP contribution in [-0.4, -0.2) is 0 Å². The molecule has 1 heteroatoms. The Kier molecular flexibility index (Phi) is 7.64. The van der Waals surface area contributed by atoms with E-state index >= 15 is 0 Å². The molecule has 1 atom stereocenters. The van der Waals surface area contributed by atoms with Crippen molar-refractivity contribution in [1.82, 2.24) is 0 Å². The molecule has 0 N–H and O–H groups in total. The lowest BCUT2D eigenvalue weighted by Crippen LogP contribution is -2.26. The average molecular weight is 802 g/mol. The van der Waals surface area contributed by atoms with Gasteiger partial charge in [0.1, 0.15) is 0 Å². The number of hydrogen-bond donors (Lipinski definition) is 0. The monoisotopic (exact) mass is 801 g/mol. The number of rotatable bonds is 5. The zero-order valence-corrected chi connectivity index (χ0v) is 35.3.